The van der Waals surface area contributed by atoms with E-state index in [-0.39, 0.29) is 13.2 Å². The second kappa shape index (κ2) is 12.1. The molecule has 0 aromatic heterocycles. The topological polar surface area (TPSA) is 71.1 Å². The SMILES string of the molecule is CCCCOC(=O)COc1c2ccccc2c(OCC(=O)OCCCC)c2cc(C)ccc12. The molecule has 0 amide bonds. The standard InChI is InChI=1S/C27H32O6/c1-4-6-14-30-24(28)17-32-26-20-10-8-9-11-21(20)27(23-16-19(3)12-13-22(23)26)33-18-25(29)31-15-7-5-2/h8-13,16H,4-7,14-15,17-18H2,1-3H3. The summed E-state index contributed by atoms with van der Waals surface area (Å²) < 4.78 is 22.5. The molecule has 0 aliphatic heterocycles. The van der Waals surface area contributed by atoms with Crippen LogP contribution in [0, 0.1) is 6.92 Å². The maximum absolute atomic E-state index is 12.2. The van der Waals surface area contributed by atoms with Crippen LogP contribution in [0.25, 0.3) is 21.5 Å². The summed E-state index contributed by atoms with van der Waals surface area (Å²) in [6.07, 6.45) is 3.56. The Morgan fingerprint density at radius 3 is 1.70 bits per heavy atom. The van der Waals surface area contributed by atoms with Gasteiger partial charge >= 0.3 is 11.9 Å². The number of carbonyl (C=O) groups excluding carboxylic acids is 2. The highest BCUT2D eigenvalue weighted by Gasteiger charge is 2.18. The fourth-order valence-corrected chi connectivity index (χ4v) is 3.53. The third kappa shape index (κ3) is 6.37. The molecule has 3 rings (SSSR count). The van der Waals surface area contributed by atoms with E-state index in [4.69, 9.17) is 18.9 Å². The molecule has 0 bridgehead atoms. The average Bonchev–Trinajstić information content (AvgIpc) is 2.81. The summed E-state index contributed by atoms with van der Waals surface area (Å²) in [7, 11) is 0. The minimum atomic E-state index is -0.400. The van der Waals surface area contributed by atoms with E-state index in [0.29, 0.717) is 24.7 Å². The van der Waals surface area contributed by atoms with Crippen LogP contribution in [0.2, 0.25) is 0 Å². The number of esters is 2. The Morgan fingerprint density at radius 2 is 1.18 bits per heavy atom. The highest BCUT2D eigenvalue weighted by atomic mass is 16.6. The van der Waals surface area contributed by atoms with E-state index in [9.17, 15) is 9.59 Å². The van der Waals surface area contributed by atoms with Gasteiger partial charge in [-0.15, -0.1) is 0 Å². The zero-order chi connectivity index (χ0) is 23.6. The molecule has 0 spiro atoms. The van der Waals surface area contributed by atoms with Crippen LogP contribution in [0.4, 0.5) is 0 Å². The van der Waals surface area contributed by atoms with Gasteiger partial charge in [0, 0.05) is 21.5 Å². The van der Waals surface area contributed by atoms with Gasteiger partial charge in [0.2, 0.25) is 0 Å². The Bertz CT molecular complexity index is 1100. The number of unbranched alkanes of at least 4 members (excludes halogenated alkanes) is 2. The molecule has 176 valence electrons. The van der Waals surface area contributed by atoms with Gasteiger partial charge < -0.3 is 18.9 Å². The van der Waals surface area contributed by atoms with Gasteiger partial charge in [0.25, 0.3) is 0 Å². The van der Waals surface area contributed by atoms with Crippen molar-refractivity contribution in [2.45, 2.75) is 46.5 Å². The molecule has 0 unspecified atom stereocenters. The van der Waals surface area contributed by atoms with E-state index in [0.717, 1.165) is 52.8 Å². The molecule has 0 fully saturated rings. The molecule has 0 N–H and O–H groups in total. The second-order valence-electron chi connectivity index (χ2n) is 7.98. The Labute approximate surface area is 194 Å². The summed E-state index contributed by atoms with van der Waals surface area (Å²) in [6.45, 7) is 6.49. The van der Waals surface area contributed by atoms with Crippen molar-refractivity contribution in [3.05, 3.63) is 48.0 Å². The third-order valence-electron chi connectivity index (χ3n) is 5.27. The first-order valence-corrected chi connectivity index (χ1v) is 11.6. The minimum absolute atomic E-state index is 0.180. The number of rotatable bonds is 12. The molecule has 3 aromatic carbocycles. The Morgan fingerprint density at radius 1 is 0.697 bits per heavy atom. The number of fused-ring (bicyclic) bond motifs is 2. The Hall–Kier alpha value is -3.28. The van der Waals surface area contributed by atoms with Crippen LogP contribution < -0.4 is 9.47 Å². The van der Waals surface area contributed by atoms with Crippen LogP contribution in [0.1, 0.15) is 45.1 Å². The first kappa shape index (κ1) is 24.4. The van der Waals surface area contributed by atoms with E-state index < -0.39 is 11.9 Å². The molecule has 6 heteroatoms. The van der Waals surface area contributed by atoms with Gasteiger partial charge in [-0.1, -0.05) is 68.7 Å². The summed E-state index contributed by atoms with van der Waals surface area (Å²) in [5.41, 5.74) is 1.04. The molecule has 6 nitrogen and oxygen atoms in total. The minimum Gasteiger partial charge on any atom is -0.481 e. The lowest BCUT2D eigenvalue weighted by molar-refractivity contribution is -0.146. The average molecular weight is 453 g/mol. The lowest BCUT2D eigenvalue weighted by Crippen LogP contribution is -2.16. The molecule has 0 aliphatic carbocycles. The summed E-state index contributed by atoms with van der Waals surface area (Å²) in [5.74, 6) is 0.381. The molecule has 0 saturated heterocycles. The molecule has 0 atom stereocenters. The highest BCUT2D eigenvalue weighted by Crippen LogP contribution is 2.43. The molecule has 0 saturated carbocycles. The quantitative estimate of drug-likeness (QED) is 0.198. The molecule has 0 radical (unpaired) electrons. The van der Waals surface area contributed by atoms with E-state index in [2.05, 4.69) is 0 Å². The molecular formula is C27H32O6. The highest BCUT2D eigenvalue weighted by molar-refractivity contribution is 6.11. The van der Waals surface area contributed by atoms with Crippen molar-refractivity contribution in [3.63, 3.8) is 0 Å². The molecule has 0 aliphatic rings. The number of ether oxygens (including phenoxy) is 4. The maximum atomic E-state index is 12.2. The van der Waals surface area contributed by atoms with Crippen molar-refractivity contribution in [3.8, 4) is 11.5 Å². The zero-order valence-corrected chi connectivity index (χ0v) is 19.6. The predicted molar refractivity (Wildman–Crippen MR) is 129 cm³/mol. The number of aryl methyl sites for hydroxylation is 1. The predicted octanol–water partition coefficient (Wildman–Crippen LogP) is 5.75. The van der Waals surface area contributed by atoms with Crippen LogP contribution in [0.5, 0.6) is 11.5 Å². The number of benzene rings is 3. The summed E-state index contributed by atoms with van der Waals surface area (Å²) >= 11 is 0. The first-order chi connectivity index (χ1) is 16.0. The van der Waals surface area contributed by atoms with Gasteiger partial charge in [-0.05, 0) is 25.8 Å². The molecular weight excluding hydrogens is 420 g/mol. The third-order valence-corrected chi connectivity index (χ3v) is 5.27. The fourth-order valence-electron chi connectivity index (χ4n) is 3.53. The van der Waals surface area contributed by atoms with Crippen molar-refractivity contribution >= 4 is 33.5 Å². The molecule has 33 heavy (non-hydrogen) atoms. The van der Waals surface area contributed by atoms with E-state index in [1.807, 2.05) is 63.2 Å². The molecule has 3 aromatic rings. The number of hydrogen-bond donors (Lipinski definition) is 0. The summed E-state index contributed by atoms with van der Waals surface area (Å²) in [5, 5.41) is 3.20. The van der Waals surface area contributed by atoms with Gasteiger partial charge in [0.1, 0.15) is 11.5 Å². The summed E-state index contributed by atoms with van der Waals surface area (Å²) in [4.78, 5) is 24.3. The number of hydrogen-bond acceptors (Lipinski definition) is 6. The fraction of sp³-hybridized carbons (Fsp3) is 0.407. The molecule has 0 heterocycles. The van der Waals surface area contributed by atoms with Crippen LogP contribution >= 0.6 is 0 Å². The van der Waals surface area contributed by atoms with Gasteiger partial charge in [-0.25, -0.2) is 9.59 Å². The van der Waals surface area contributed by atoms with Crippen molar-refractivity contribution in [1.82, 2.24) is 0 Å². The second-order valence-corrected chi connectivity index (χ2v) is 7.98. The summed E-state index contributed by atoms with van der Waals surface area (Å²) in [6, 6.07) is 13.6. The van der Waals surface area contributed by atoms with Gasteiger partial charge in [0.05, 0.1) is 13.2 Å². The van der Waals surface area contributed by atoms with Crippen molar-refractivity contribution < 1.29 is 28.5 Å². The Kier molecular flexibility index (Phi) is 8.93. The van der Waals surface area contributed by atoms with Crippen molar-refractivity contribution in [2.75, 3.05) is 26.4 Å². The largest absolute Gasteiger partial charge is 0.481 e. The van der Waals surface area contributed by atoms with Gasteiger partial charge in [-0.3, -0.25) is 0 Å². The zero-order valence-electron chi connectivity index (χ0n) is 19.6. The van der Waals surface area contributed by atoms with E-state index >= 15 is 0 Å². The van der Waals surface area contributed by atoms with Crippen LogP contribution in [-0.2, 0) is 19.1 Å². The lowest BCUT2D eigenvalue weighted by atomic mass is 9.99. The monoisotopic (exact) mass is 452 g/mol. The normalized spacial score (nSPS) is 10.9. The van der Waals surface area contributed by atoms with Crippen molar-refractivity contribution in [2.24, 2.45) is 0 Å². The first-order valence-electron chi connectivity index (χ1n) is 11.6. The van der Waals surface area contributed by atoms with E-state index in [1.165, 1.54) is 0 Å². The maximum Gasteiger partial charge on any atom is 0.344 e. The Balaban J connectivity index is 1.94. The van der Waals surface area contributed by atoms with Crippen LogP contribution in [0.15, 0.2) is 42.5 Å². The lowest BCUT2D eigenvalue weighted by Gasteiger charge is -2.18. The van der Waals surface area contributed by atoms with Gasteiger partial charge in [-0.2, -0.15) is 0 Å². The van der Waals surface area contributed by atoms with Crippen LogP contribution in [-0.4, -0.2) is 38.4 Å². The number of carbonyl (C=O) groups is 2. The van der Waals surface area contributed by atoms with Crippen LogP contribution in [0.3, 0.4) is 0 Å². The van der Waals surface area contributed by atoms with Crippen molar-refractivity contribution in [1.29, 1.82) is 0 Å². The van der Waals surface area contributed by atoms with Gasteiger partial charge in [0.15, 0.2) is 13.2 Å². The smallest absolute Gasteiger partial charge is 0.344 e. The van der Waals surface area contributed by atoms with E-state index in [1.54, 1.807) is 0 Å².